The van der Waals surface area contributed by atoms with Crippen LogP contribution >= 0.6 is 0 Å². The lowest BCUT2D eigenvalue weighted by molar-refractivity contribution is 0.0985. The van der Waals surface area contributed by atoms with Crippen LogP contribution in [0.4, 0.5) is 0 Å². The number of nitrogens with one attached hydrogen (secondary N) is 1. The molecule has 0 bridgehead atoms. The number of nitrogens with two attached hydrogens (primary N) is 1. The van der Waals surface area contributed by atoms with E-state index in [2.05, 4.69) is 19.2 Å². The Morgan fingerprint density at radius 1 is 1.41 bits per heavy atom. The van der Waals surface area contributed by atoms with Gasteiger partial charge in [-0.05, 0) is 11.6 Å². The third-order valence-electron chi connectivity index (χ3n) is 2.34. The first-order valence-electron chi connectivity index (χ1n) is 5.80. The van der Waals surface area contributed by atoms with E-state index in [9.17, 15) is 4.79 Å². The van der Waals surface area contributed by atoms with Crippen molar-refractivity contribution in [2.45, 2.75) is 26.5 Å². The predicted octanol–water partition coefficient (Wildman–Crippen LogP) is 1.30. The van der Waals surface area contributed by atoms with Crippen molar-refractivity contribution >= 4 is 5.91 Å². The first kappa shape index (κ1) is 13.7. The number of rotatable bonds is 7. The van der Waals surface area contributed by atoms with Crippen molar-refractivity contribution in [1.29, 1.82) is 0 Å². The van der Waals surface area contributed by atoms with Crippen molar-refractivity contribution in [3.8, 4) is 0 Å². The van der Waals surface area contributed by atoms with Gasteiger partial charge in [0.1, 0.15) is 0 Å². The number of hydrogen-bond acceptors (Lipinski definition) is 3. The second-order valence-electron chi connectivity index (χ2n) is 4.18. The number of amides is 1. The van der Waals surface area contributed by atoms with Gasteiger partial charge in [0.05, 0.1) is 13.2 Å². The minimum Gasteiger partial charge on any atom is -0.375 e. The molecule has 1 aromatic carbocycles. The Balaban J connectivity index is 2.39. The third kappa shape index (κ3) is 4.97. The molecule has 1 rings (SSSR count). The summed E-state index contributed by atoms with van der Waals surface area (Å²) in [6, 6.07) is 7.70. The lowest BCUT2D eigenvalue weighted by Gasteiger charge is -2.10. The van der Waals surface area contributed by atoms with E-state index in [1.54, 1.807) is 12.1 Å². The van der Waals surface area contributed by atoms with Crippen LogP contribution in [0.1, 0.15) is 29.8 Å². The minimum absolute atomic E-state index is 0.412. The van der Waals surface area contributed by atoms with Gasteiger partial charge in [-0.2, -0.15) is 0 Å². The molecule has 94 valence electrons. The fourth-order valence-electron chi connectivity index (χ4n) is 1.49. The molecule has 0 unspecified atom stereocenters. The summed E-state index contributed by atoms with van der Waals surface area (Å²) in [6.45, 7) is 6.01. The zero-order valence-corrected chi connectivity index (χ0v) is 10.4. The summed E-state index contributed by atoms with van der Waals surface area (Å²) in [5.74, 6) is -0.412. The number of carbonyl (C=O) groups is 1. The zero-order chi connectivity index (χ0) is 12.7. The van der Waals surface area contributed by atoms with E-state index in [1.807, 2.05) is 12.1 Å². The highest BCUT2D eigenvalue weighted by Crippen LogP contribution is 2.09. The average molecular weight is 236 g/mol. The van der Waals surface area contributed by atoms with Crippen molar-refractivity contribution in [3.63, 3.8) is 0 Å². The molecule has 3 N–H and O–H groups in total. The molecular formula is C13H20N2O2. The summed E-state index contributed by atoms with van der Waals surface area (Å²) >= 11 is 0. The maximum absolute atomic E-state index is 11.2. The van der Waals surface area contributed by atoms with Gasteiger partial charge in [0.2, 0.25) is 5.91 Å². The smallest absolute Gasteiger partial charge is 0.249 e. The lowest BCUT2D eigenvalue weighted by Crippen LogP contribution is -2.26. The standard InChI is InChI=1S/C13H20N2O2/c1-10(2)15-7-8-17-9-11-5-3-4-6-12(11)13(14)16/h3-6,10,15H,7-9H2,1-2H3,(H2,14,16). The highest BCUT2D eigenvalue weighted by Gasteiger charge is 2.06. The molecule has 17 heavy (non-hydrogen) atoms. The Hall–Kier alpha value is -1.39. The van der Waals surface area contributed by atoms with Gasteiger partial charge in [0, 0.05) is 18.2 Å². The van der Waals surface area contributed by atoms with Crippen LogP contribution in [-0.4, -0.2) is 25.1 Å². The van der Waals surface area contributed by atoms with Gasteiger partial charge in [-0.3, -0.25) is 4.79 Å². The fraction of sp³-hybridized carbons (Fsp3) is 0.462. The zero-order valence-electron chi connectivity index (χ0n) is 10.4. The van der Waals surface area contributed by atoms with Crippen molar-refractivity contribution in [2.75, 3.05) is 13.2 Å². The summed E-state index contributed by atoms with van der Waals surface area (Å²) in [5, 5.41) is 3.25. The summed E-state index contributed by atoms with van der Waals surface area (Å²) in [6.07, 6.45) is 0. The van der Waals surface area contributed by atoms with Crippen LogP contribution in [-0.2, 0) is 11.3 Å². The van der Waals surface area contributed by atoms with Crippen LogP contribution in [0.5, 0.6) is 0 Å². The molecule has 0 spiro atoms. The lowest BCUT2D eigenvalue weighted by atomic mass is 10.1. The molecule has 0 aliphatic carbocycles. The number of primary amides is 1. The first-order valence-corrected chi connectivity index (χ1v) is 5.80. The van der Waals surface area contributed by atoms with E-state index >= 15 is 0 Å². The molecule has 0 radical (unpaired) electrons. The van der Waals surface area contributed by atoms with Crippen molar-refractivity contribution in [1.82, 2.24) is 5.32 Å². The molecule has 0 fully saturated rings. The van der Waals surface area contributed by atoms with Gasteiger partial charge in [-0.25, -0.2) is 0 Å². The average Bonchev–Trinajstić information content (AvgIpc) is 2.28. The van der Waals surface area contributed by atoms with Crippen LogP contribution in [0.3, 0.4) is 0 Å². The van der Waals surface area contributed by atoms with Gasteiger partial charge < -0.3 is 15.8 Å². The summed E-state index contributed by atoms with van der Waals surface area (Å²) in [7, 11) is 0. The molecule has 1 aromatic rings. The topological polar surface area (TPSA) is 64.3 Å². The molecule has 0 heterocycles. The van der Waals surface area contributed by atoms with Gasteiger partial charge in [-0.15, -0.1) is 0 Å². The Labute approximate surface area is 102 Å². The van der Waals surface area contributed by atoms with Crippen LogP contribution in [0.2, 0.25) is 0 Å². The first-order chi connectivity index (χ1) is 8.11. The molecule has 1 amide bonds. The molecule has 0 saturated heterocycles. The van der Waals surface area contributed by atoms with Gasteiger partial charge in [0.15, 0.2) is 0 Å². The normalized spacial score (nSPS) is 10.8. The van der Waals surface area contributed by atoms with E-state index in [-0.39, 0.29) is 0 Å². The molecule has 0 aliphatic rings. The van der Waals surface area contributed by atoms with Crippen LogP contribution < -0.4 is 11.1 Å². The Morgan fingerprint density at radius 3 is 2.76 bits per heavy atom. The monoisotopic (exact) mass is 236 g/mol. The molecule has 4 heteroatoms. The maximum atomic E-state index is 11.2. The second-order valence-corrected chi connectivity index (χ2v) is 4.18. The van der Waals surface area contributed by atoms with E-state index in [1.165, 1.54) is 0 Å². The molecule has 0 aliphatic heterocycles. The largest absolute Gasteiger partial charge is 0.375 e. The summed E-state index contributed by atoms with van der Waals surface area (Å²) in [5.41, 5.74) is 6.65. The Kier molecular flexibility index (Phi) is 5.66. The van der Waals surface area contributed by atoms with Crippen molar-refractivity contribution in [3.05, 3.63) is 35.4 Å². The molecular weight excluding hydrogens is 216 g/mol. The minimum atomic E-state index is -0.412. The highest BCUT2D eigenvalue weighted by molar-refractivity contribution is 5.94. The molecule has 4 nitrogen and oxygen atoms in total. The number of benzene rings is 1. The maximum Gasteiger partial charge on any atom is 0.249 e. The predicted molar refractivity (Wildman–Crippen MR) is 67.8 cm³/mol. The van der Waals surface area contributed by atoms with Crippen LogP contribution in [0, 0.1) is 0 Å². The number of hydrogen-bond donors (Lipinski definition) is 2. The van der Waals surface area contributed by atoms with Crippen LogP contribution in [0.15, 0.2) is 24.3 Å². The van der Waals surface area contributed by atoms with E-state index in [4.69, 9.17) is 10.5 Å². The van der Waals surface area contributed by atoms with Crippen molar-refractivity contribution in [2.24, 2.45) is 5.73 Å². The quantitative estimate of drug-likeness (QED) is 0.701. The Morgan fingerprint density at radius 2 is 2.12 bits per heavy atom. The van der Waals surface area contributed by atoms with Crippen molar-refractivity contribution < 1.29 is 9.53 Å². The molecule has 0 aromatic heterocycles. The highest BCUT2D eigenvalue weighted by atomic mass is 16.5. The van der Waals surface area contributed by atoms with E-state index < -0.39 is 5.91 Å². The van der Waals surface area contributed by atoms with Gasteiger partial charge in [0.25, 0.3) is 0 Å². The molecule has 0 saturated carbocycles. The van der Waals surface area contributed by atoms with Gasteiger partial charge in [-0.1, -0.05) is 32.0 Å². The Bertz CT molecular complexity index is 364. The molecule has 0 atom stereocenters. The van der Waals surface area contributed by atoms with Gasteiger partial charge >= 0.3 is 0 Å². The fourth-order valence-corrected chi connectivity index (χ4v) is 1.49. The third-order valence-corrected chi connectivity index (χ3v) is 2.34. The summed E-state index contributed by atoms with van der Waals surface area (Å²) in [4.78, 5) is 11.2. The SMILES string of the molecule is CC(C)NCCOCc1ccccc1C(N)=O. The van der Waals surface area contributed by atoms with E-state index in [0.29, 0.717) is 24.8 Å². The number of ether oxygens (including phenoxy) is 1. The number of carbonyl (C=O) groups excluding carboxylic acids is 1. The van der Waals surface area contributed by atoms with E-state index in [0.717, 1.165) is 12.1 Å². The van der Waals surface area contributed by atoms with Crippen LogP contribution in [0.25, 0.3) is 0 Å². The second kappa shape index (κ2) is 7.04. The summed E-state index contributed by atoms with van der Waals surface area (Å²) < 4.78 is 5.49.